The molecule has 1 heterocycles. The van der Waals surface area contributed by atoms with Crippen molar-refractivity contribution >= 4 is 17.3 Å². The molecule has 2 rings (SSSR count). The molecule has 1 N–H and O–H groups in total. The number of fused-ring (bicyclic) bond motifs is 1. The Morgan fingerprint density at radius 3 is 3.07 bits per heavy atom. The summed E-state index contributed by atoms with van der Waals surface area (Å²) in [5.41, 5.74) is 2.50. The first-order chi connectivity index (χ1) is 6.83. The van der Waals surface area contributed by atoms with Crippen molar-refractivity contribution in [2.45, 2.75) is 12.8 Å². The van der Waals surface area contributed by atoms with E-state index in [1.165, 1.54) is 11.3 Å². The van der Waals surface area contributed by atoms with Crippen molar-refractivity contribution < 1.29 is 5.11 Å². The number of halogens is 1. The van der Waals surface area contributed by atoms with Crippen molar-refractivity contribution in [2.24, 2.45) is 0 Å². The first-order valence-corrected chi connectivity index (χ1v) is 5.34. The molecule has 0 atom stereocenters. The average Bonchev–Trinajstić information content (AvgIpc) is 2.60. The maximum absolute atomic E-state index is 8.78. The number of hydrogen-bond donors (Lipinski definition) is 1. The molecule has 3 heteroatoms. The second-order valence-corrected chi connectivity index (χ2v) is 3.96. The van der Waals surface area contributed by atoms with Crippen molar-refractivity contribution in [1.82, 2.24) is 0 Å². The minimum absolute atomic E-state index is 0.256. The fraction of sp³-hybridized carbons (Fsp3) is 0.455. The molecular formula is C11H14ClNO. The Balaban J connectivity index is 2.18. The lowest BCUT2D eigenvalue weighted by Crippen LogP contribution is -2.22. The summed E-state index contributed by atoms with van der Waals surface area (Å²) in [6, 6.07) is 6.03. The third-order valence-corrected chi connectivity index (χ3v) is 3.01. The zero-order valence-electron chi connectivity index (χ0n) is 8.04. The predicted octanol–water partition coefficient (Wildman–Crippen LogP) is 2.08. The van der Waals surface area contributed by atoms with Gasteiger partial charge in [0.2, 0.25) is 0 Å². The highest BCUT2D eigenvalue weighted by molar-refractivity contribution is 6.31. The molecule has 1 aromatic carbocycles. The zero-order valence-corrected chi connectivity index (χ0v) is 8.80. The van der Waals surface area contributed by atoms with Crippen LogP contribution in [0.1, 0.15) is 12.0 Å². The Labute approximate surface area is 89.1 Å². The van der Waals surface area contributed by atoms with E-state index >= 15 is 0 Å². The molecule has 1 aliphatic heterocycles. The third kappa shape index (κ3) is 1.72. The monoisotopic (exact) mass is 211 g/mol. The summed E-state index contributed by atoms with van der Waals surface area (Å²) in [5, 5.41) is 9.65. The molecule has 0 unspecified atom stereocenters. The van der Waals surface area contributed by atoms with Gasteiger partial charge in [-0.1, -0.05) is 17.7 Å². The van der Waals surface area contributed by atoms with E-state index in [1.54, 1.807) is 0 Å². The molecular weight excluding hydrogens is 198 g/mol. The number of aliphatic hydroxyl groups excluding tert-OH is 1. The van der Waals surface area contributed by atoms with E-state index in [0.29, 0.717) is 0 Å². The molecule has 0 amide bonds. The molecule has 76 valence electrons. The van der Waals surface area contributed by atoms with Crippen molar-refractivity contribution in [3.05, 3.63) is 28.8 Å². The molecule has 0 saturated carbocycles. The van der Waals surface area contributed by atoms with E-state index in [4.69, 9.17) is 16.7 Å². The molecule has 0 radical (unpaired) electrons. The normalized spacial score (nSPS) is 14.6. The summed E-state index contributed by atoms with van der Waals surface area (Å²) in [5.74, 6) is 0. The molecule has 0 spiro atoms. The molecule has 0 aliphatic carbocycles. The van der Waals surface area contributed by atoms with Crippen molar-refractivity contribution in [1.29, 1.82) is 0 Å². The van der Waals surface area contributed by atoms with Gasteiger partial charge in [0.15, 0.2) is 0 Å². The van der Waals surface area contributed by atoms with Crippen LogP contribution in [0.4, 0.5) is 5.69 Å². The van der Waals surface area contributed by atoms with Gasteiger partial charge in [-0.2, -0.15) is 0 Å². The van der Waals surface area contributed by atoms with Crippen LogP contribution in [0, 0.1) is 0 Å². The van der Waals surface area contributed by atoms with Crippen LogP contribution in [0.15, 0.2) is 18.2 Å². The largest absolute Gasteiger partial charge is 0.396 e. The summed E-state index contributed by atoms with van der Waals surface area (Å²) in [6.45, 7) is 2.20. The number of anilines is 1. The number of nitrogens with zero attached hydrogens (tertiary/aromatic N) is 1. The van der Waals surface area contributed by atoms with Crippen molar-refractivity contribution in [2.75, 3.05) is 24.6 Å². The van der Waals surface area contributed by atoms with Gasteiger partial charge in [0.05, 0.1) is 0 Å². The smallest absolute Gasteiger partial charge is 0.0459 e. The number of rotatable bonds is 3. The summed E-state index contributed by atoms with van der Waals surface area (Å²) in [7, 11) is 0. The highest BCUT2D eigenvalue weighted by atomic mass is 35.5. The van der Waals surface area contributed by atoms with Crippen LogP contribution in [0.5, 0.6) is 0 Å². The van der Waals surface area contributed by atoms with Crippen LogP contribution in [-0.2, 0) is 6.42 Å². The van der Waals surface area contributed by atoms with E-state index < -0.39 is 0 Å². The molecule has 0 fully saturated rings. The molecule has 1 aromatic rings. The molecule has 0 aromatic heterocycles. The first-order valence-electron chi connectivity index (χ1n) is 4.96. The molecule has 2 nitrogen and oxygen atoms in total. The number of hydrogen-bond acceptors (Lipinski definition) is 2. The predicted molar refractivity (Wildman–Crippen MR) is 59.1 cm³/mol. The zero-order chi connectivity index (χ0) is 9.97. The van der Waals surface area contributed by atoms with Crippen molar-refractivity contribution in [3.63, 3.8) is 0 Å². The van der Waals surface area contributed by atoms with Crippen LogP contribution >= 0.6 is 11.6 Å². The third-order valence-electron chi connectivity index (χ3n) is 2.65. The van der Waals surface area contributed by atoms with E-state index in [9.17, 15) is 0 Å². The fourth-order valence-corrected chi connectivity index (χ4v) is 2.22. The van der Waals surface area contributed by atoms with Gasteiger partial charge in [-0.25, -0.2) is 0 Å². The Hall–Kier alpha value is -0.730. The number of benzene rings is 1. The van der Waals surface area contributed by atoms with Gasteiger partial charge in [0, 0.05) is 30.4 Å². The van der Waals surface area contributed by atoms with E-state index in [0.717, 1.165) is 31.0 Å². The lowest BCUT2D eigenvalue weighted by atomic mass is 10.2. The summed E-state index contributed by atoms with van der Waals surface area (Å²) < 4.78 is 0. The average molecular weight is 212 g/mol. The second kappa shape index (κ2) is 4.20. The van der Waals surface area contributed by atoms with Crippen LogP contribution in [-0.4, -0.2) is 24.8 Å². The molecule has 0 bridgehead atoms. The highest BCUT2D eigenvalue weighted by Gasteiger charge is 2.19. The maximum Gasteiger partial charge on any atom is 0.0459 e. The molecule has 1 aliphatic rings. The fourth-order valence-electron chi connectivity index (χ4n) is 1.95. The topological polar surface area (TPSA) is 23.5 Å². The van der Waals surface area contributed by atoms with Crippen molar-refractivity contribution in [3.8, 4) is 0 Å². The summed E-state index contributed by atoms with van der Waals surface area (Å²) >= 11 is 6.09. The highest BCUT2D eigenvalue weighted by Crippen LogP contribution is 2.33. The Morgan fingerprint density at radius 2 is 2.29 bits per heavy atom. The van der Waals surface area contributed by atoms with Gasteiger partial charge in [0.1, 0.15) is 0 Å². The lowest BCUT2D eigenvalue weighted by Gasteiger charge is -2.18. The molecule has 0 saturated heterocycles. The Morgan fingerprint density at radius 1 is 1.43 bits per heavy atom. The van der Waals surface area contributed by atoms with Crippen LogP contribution in [0.25, 0.3) is 0 Å². The van der Waals surface area contributed by atoms with Gasteiger partial charge in [-0.15, -0.1) is 0 Å². The van der Waals surface area contributed by atoms with Gasteiger partial charge < -0.3 is 10.0 Å². The number of aliphatic hydroxyl groups is 1. The minimum Gasteiger partial charge on any atom is -0.396 e. The van der Waals surface area contributed by atoms with Gasteiger partial charge in [-0.05, 0) is 30.5 Å². The minimum atomic E-state index is 0.256. The van der Waals surface area contributed by atoms with E-state index in [2.05, 4.69) is 11.0 Å². The van der Waals surface area contributed by atoms with Gasteiger partial charge >= 0.3 is 0 Å². The molecule has 14 heavy (non-hydrogen) atoms. The maximum atomic E-state index is 8.78. The van der Waals surface area contributed by atoms with Crippen LogP contribution in [0.2, 0.25) is 5.02 Å². The second-order valence-electron chi connectivity index (χ2n) is 3.55. The standard InChI is InChI=1S/C11H14ClNO/c12-10-3-1-4-11-9(10)5-7-13(11)6-2-8-14/h1,3-4,14H,2,5-8H2. The van der Waals surface area contributed by atoms with Crippen LogP contribution < -0.4 is 4.90 Å². The van der Waals surface area contributed by atoms with Gasteiger partial charge in [-0.3, -0.25) is 0 Å². The Bertz CT molecular complexity index is 327. The lowest BCUT2D eigenvalue weighted by molar-refractivity contribution is 0.290. The van der Waals surface area contributed by atoms with E-state index in [1.807, 2.05) is 12.1 Å². The summed E-state index contributed by atoms with van der Waals surface area (Å²) in [4.78, 5) is 2.29. The van der Waals surface area contributed by atoms with Gasteiger partial charge in [0.25, 0.3) is 0 Å². The van der Waals surface area contributed by atoms with Crippen LogP contribution in [0.3, 0.4) is 0 Å². The Kier molecular flexibility index (Phi) is 2.94. The summed E-state index contributed by atoms with van der Waals surface area (Å²) in [6.07, 6.45) is 1.85. The first kappa shape index (κ1) is 9.81. The van der Waals surface area contributed by atoms with E-state index in [-0.39, 0.29) is 6.61 Å². The quantitative estimate of drug-likeness (QED) is 0.828. The SMILES string of the molecule is OCCCN1CCc2c(Cl)cccc21.